The summed E-state index contributed by atoms with van der Waals surface area (Å²) in [5, 5.41) is 0. The summed E-state index contributed by atoms with van der Waals surface area (Å²) in [7, 11) is 0. The van der Waals surface area contributed by atoms with Gasteiger partial charge in [-0.15, -0.1) is 0 Å². The van der Waals surface area contributed by atoms with Crippen molar-refractivity contribution >= 4 is 17.4 Å². The van der Waals surface area contributed by atoms with Crippen LogP contribution in [0.15, 0.2) is 32.6 Å². The molecule has 0 saturated heterocycles. The van der Waals surface area contributed by atoms with Crippen LogP contribution in [0.25, 0.3) is 0 Å². The number of hydrogen-bond donors (Lipinski definition) is 2. The van der Waals surface area contributed by atoms with E-state index in [0.29, 0.717) is 31.5 Å². The minimum Gasteiger partial charge on any atom is -0.472 e. The maximum atomic E-state index is 12.7. The fraction of sp³-hybridized carbons (Fsp3) is 0.438. The first kappa shape index (κ1) is 17.6. The number of nitrogen functional groups attached to an aromatic ring is 1. The second-order valence-electron chi connectivity index (χ2n) is 5.47. The molecule has 0 bridgehead atoms. The van der Waals surface area contributed by atoms with E-state index in [1.54, 1.807) is 0 Å². The van der Waals surface area contributed by atoms with E-state index >= 15 is 0 Å². The lowest BCUT2D eigenvalue weighted by Gasteiger charge is -2.23. The summed E-state index contributed by atoms with van der Waals surface area (Å²) in [5.41, 5.74) is 5.14. The number of rotatable bonds is 7. The Kier molecular flexibility index (Phi) is 5.62. The van der Waals surface area contributed by atoms with Gasteiger partial charge < -0.3 is 15.1 Å². The third-order valence-corrected chi connectivity index (χ3v) is 3.68. The highest BCUT2D eigenvalue weighted by Crippen LogP contribution is 2.20. The maximum absolute atomic E-state index is 12.7. The molecule has 0 aliphatic rings. The second kappa shape index (κ2) is 7.67. The number of H-pyrrole nitrogens is 1. The van der Waals surface area contributed by atoms with Crippen molar-refractivity contribution in [1.29, 1.82) is 0 Å². The zero-order valence-electron chi connectivity index (χ0n) is 13.9. The number of nitrogens with one attached hydrogen (secondary N) is 1. The number of aromatic nitrogens is 2. The van der Waals surface area contributed by atoms with Gasteiger partial charge in [-0.3, -0.25) is 19.1 Å². The quantitative estimate of drug-likeness (QED) is 0.797. The molecule has 8 nitrogen and oxygen atoms in total. The summed E-state index contributed by atoms with van der Waals surface area (Å²) in [5.74, 6) is -0.394. The fourth-order valence-corrected chi connectivity index (χ4v) is 2.46. The number of carbonyl (C=O) groups excluding carboxylic acids is 1. The molecule has 2 aromatic rings. The molecule has 0 radical (unpaired) electrons. The van der Waals surface area contributed by atoms with Crippen LogP contribution in [0.1, 0.15) is 43.5 Å². The first-order chi connectivity index (χ1) is 11.5. The summed E-state index contributed by atoms with van der Waals surface area (Å²) in [6, 6.07) is 1.52. The molecule has 0 aliphatic heterocycles. The highest BCUT2D eigenvalue weighted by atomic mass is 16.3. The van der Waals surface area contributed by atoms with Gasteiger partial charge in [0.1, 0.15) is 12.1 Å². The average molecular weight is 334 g/mol. The smallest absolute Gasteiger partial charge is 0.330 e. The highest BCUT2D eigenvalue weighted by Gasteiger charge is 2.25. The minimum absolute atomic E-state index is 0.00134. The van der Waals surface area contributed by atoms with E-state index in [2.05, 4.69) is 4.98 Å². The van der Waals surface area contributed by atoms with Crippen molar-refractivity contribution in [3.05, 3.63) is 45.0 Å². The van der Waals surface area contributed by atoms with Crippen molar-refractivity contribution in [3.63, 3.8) is 0 Å². The van der Waals surface area contributed by atoms with E-state index in [1.165, 1.54) is 28.1 Å². The fourth-order valence-electron chi connectivity index (χ4n) is 2.46. The van der Waals surface area contributed by atoms with Gasteiger partial charge in [0, 0.05) is 13.1 Å². The molecule has 2 aromatic heterocycles. The normalized spacial score (nSPS) is 10.8. The van der Waals surface area contributed by atoms with Gasteiger partial charge in [-0.05, 0) is 18.9 Å². The lowest BCUT2D eigenvalue weighted by atomic mass is 10.2. The first-order valence-corrected chi connectivity index (χ1v) is 7.97. The lowest BCUT2D eigenvalue weighted by Crippen LogP contribution is -2.41. The van der Waals surface area contributed by atoms with Crippen molar-refractivity contribution in [1.82, 2.24) is 9.55 Å². The van der Waals surface area contributed by atoms with Crippen LogP contribution in [-0.2, 0) is 6.54 Å². The number of anilines is 2. The van der Waals surface area contributed by atoms with Crippen molar-refractivity contribution < 1.29 is 9.21 Å². The Labute approximate surface area is 138 Å². The van der Waals surface area contributed by atoms with Gasteiger partial charge in [-0.25, -0.2) is 4.79 Å². The van der Waals surface area contributed by atoms with E-state index in [9.17, 15) is 14.4 Å². The predicted molar refractivity (Wildman–Crippen MR) is 91.3 cm³/mol. The largest absolute Gasteiger partial charge is 0.472 e. The zero-order chi connectivity index (χ0) is 17.7. The predicted octanol–water partition coefficient (Wildman–Crippen LogP) is 1.57. The first-order valence-electron chi connectivity index (χ1n) is 7.97. The van der Waals surface area contributed by atoms with Crippen LogP contribution >= 0.6 is 0 Å². The Morgan fingerprint density at radius 1 is 1.33 bits per heavy atom. The van der Waals surface area contributed by atoms with Gasteiger partial charge in [0.2, 0.25) is 0 Å². The van der Waals surface area contributed by atoms with Crippen molar-refractivity contribution in [2.45, 2.75) is 39.7 Å². The Hall–Kier alpha value is -2.77. The van der Waals surface area contributed by atoms with Gasteiger partial charge in [0.15, 0.2) is 5.69 Å². The summed E-state index contributed by atoms with van der Waals surface area (Å²) in [6.45, 7) is 4.54. The highest BCUT2D eigenvalue weighted by molar-refractivity contribution is 6.07. The van der Waals surface area contributed by atoms with E-state index < -0.39 is 17.2 Å². The van der Waals surface area contributed by atoms with Crippen molar-refractivity contribution in [2.75, 3.05) is 17.2 Å². The molecule has 24 heavy (non-hydrogen) atoms. The summed E-state index contributed by atoms with van der Waals surface area (Å²) in [4.78, 5) is 40.6. The molecule has 8 heteroatoms. The van der Waals surface area contributed by atoms with Gasteiger partial charge in [0.05, 0.1) is 11.8 Å². The lowest BCUT2D eigenvalue weighted by molar-refractivity contribution is 0.0985. The van der Waals surface area contributed by atoms with Crippen molar-refractivity contribution in [3.8, 4) is 0 Å². The average Bonchev–Trinajstić information content (AvgIpc) is 3.08. The molecule has 3 N–H and O–H groups in total. The number of unbranched alkanes of at least 4 members (excludes halogenated alkanes) is 1. The summed E-state index contributed by atoms with van der Waals surface area (Å²) in [6.07, 6.45) is 4.89. The topological polar surface area (TPSA) is 114 Å². The molecule has 1 amide bonds. The molecule has 2 heterocycles. The molecular formula is C16H22N4O4. The van der Waals surface area contributed by atoms with E-state index in [4.69, 9.17) is 10.2 Å². The molecule has 0 aromatic carbocycles. The van der Waals surface area contributed by atoms with Gasteiger partial charge in [-0.2, -0.15) is 0 Å². The number of aromatic amines is 1. The third kappa shape index (κ3) is 3.42. The third-order valence-electron chi connectivity index (χ3n) is 3.68. The van der Waals surface area contributed by atoms with Crippen LogP contribution in [0, 0.1) is 0 Å². The van der Waals surface area contributed by atoms with E-state index in [0.717, 1.165) is 6.42 Å². The van der Waals surface area contributed by atoms with Crippen LogP contribution in [0.5, 0.6) is 0 Å². The Morgan fingerprint density at radius 2 is 2.08 bits per heavy atom. The molecule has 0 saturated carbocycles. The zero-order valence-corrected chi connectivity index (χ0v) is 13.9. The molecule has 0 spiro atoms. The molecule has 0 unspecified atom stereocenters. The Bertz CT molecular complexity index is 804. The van der Waals surface area contributed by atoms with Crippen molar-refractivity contribution in [2.24, 2.45) is 0 Å². The number of nitrogens with zero attached hydrogens (tertiary/aromatic N) is 2. The number of nitrogens with two attached hydrogens (primary N) is 1. The molecule has 2 rings (SSSR count). The number of carbonyl (C=O) groups is 1. The molecule has 0 atom stereocenters. The Balaban J connectivity index is 2.57. The monoisotopic (exact) mass is 334 g/mol. The Morgan fingerprint density at radius 3 is 2.67 bits per heavy atom. The maximum Gasteiger partial charge on any atom is 0.330 e. The molecule has 0 aliphatic carbocycles. The van der Waals surface area contributed by atoms with Gasteiger partial charge in [-0.1, -0.05) is 20.3 Å². The SMILES string of the molecule is CCCCN(C(=O)c1ccoc1)c1c(N)n(CCC)c(=O)[nH]c1=O. The van der Waals surface area contributed by atoms with Gasteiger partial charge in [0.25, 0.3) is 11.5 Å². The molecular weight excluding hydrogens is 312 g/mol. The van der Waals surface area contributed by atoms with Crippen LogP contribution in [0.2, 0.25) is 0 Å². The summed E-state index contributed by atoms with van der Waals surface area (Å²) < 4.78 is 6.22. The van der Waals surface area contributed by atoms with E-state index in [1.807, 2.05) is 13.8 Å². The minimum atomic E-state index is -0.669. The number of hydrogen-bond acceptors (Lipinski definition) is 5. The van der Waals surface area contributed by atoms with Crippen LogP contribution in [-0.4, -0.2) is 22.0 Å². The number of amides is 1. The van der Waals surface area contributed by atoms with Crippen LogP contribution in [0.4, 0.5) is 11.5 Å². The second-order valence-corrected chi connectivity index (χ2v) is 5.47. The van der Waals surface area contributed by atoms with Gasteiger partial charge >= 0.3 is 5.69 Å². The summed E-state index contributed by atoms with van der Waals surface area (Å²) >= 11 is 0. The van der Waals surface area contributed by atoms with Crippen LogP contribution < -0.4 is 21.9 Å². The number of furan rings is 1. The van der Waals surface area contributed by atoms with Crippen LogP contribution in [0.3, 0.4) is 0 Å². The molecule has 0 fully saturated rings. The van der Waals surface area contributed by atoms with E-state index in [-0.39, 0.29) is 11.5 Å². The standard InChI is InChI=1S/C16H22N4O4/c1-3-5-8-19(15(22)11-6-9-24-10-11)12-13(17)20(7-4-2)16(23)18-14(12)21/h6,9-10H,3-5,7-8,17H2,1-2H3,(H,18,21,23). The molecule has 130 valence electrons.